The molecule has 0 saturated heterocycles. The van der Waals surface area contributed by atoms with Crippen LogP contribution in [-0.2, 0) is 13.0 Å². The fourth-order valence-electron chi connectivity index (χ4n) is 1.26. The average molecular weight is 165 g/mol. The molecule has 0 spiro atoms. The van der Waals surface area contributed by atoms with Gasteiger partial charge in [-0.2, -0.15) is 0 Å². The van der Waals surface area contributed by atoms with E-state index in [4.69, 9.17) is 10.5 Å². The van der Waals surface area contributed by atoms with Gasteiger partial charge in [-0.3, -0.25) is 0 Å². The first-order valence-electron chi connectivity index (χ1n) is 4.17. The van der Waals surface area contributed by atoms with E-state index < -0.39 is 0 Å². The molecule has 1 aromatic carbocycles. The van der Waals surface area contributed by atoms with Gasteiger partial charge in [-0.1, -0.05) is 13.0 Å². The summed E-state index contributed by atoms with van der Waals surface area (Å²) < 4.78 is 5.10. The molecule has 1 aromatic rings. The van der Waals surface area contributed by atoms with Crippen molar-refractivity contribution in [3.05, 3.63) is 29.3 Å². The van der Waals surface area contributed by atoms with E-state index in [-0.39, 0.29) is 0 Å². The highest BCUT2D eigenvalue weighted by molar-refractivity contribution is 5.35. The Balaban J connectivity index is 3.02. The Morgan fingerprint density at radius 2 is 2.08 bits per heavy atom. The first-order chi connectivity index (χ1) is 5.81. The van der Waals surface area contributed by atoms with Crippen molar-refractivity contribution in [3.63, 3.8) is 0 Å². The lowest BCUT2D eigenvalue weighted by atomic mass is 10.1. The lowest BCUT2D eigenvalue weighted by molar-refractivity contribution is 0.414. The normalized spacial score (nSPS) is 9.92. The third-order valence-corrected chi connectivity index (χ3v) is 2.01. The summed E-state index contributed by atoms with van der Waals surface area (Å²) in [6.07, 6.45) is 1.02. The molecular weight excluding hydrogens is 150 g/mol. The van der Waals surface area contributed by atoms with E-state index in [2.05, 4.69) is 13.0 Å². The number of nitrogens with two attached hydrogens (primary N) is 1. The summed E-state index contributed by atoms with van der Waals surface area (Å²) in [6.45, 7) is 2.71. The number of hydrogen-bond acceptors (Lipinski definition) is 2. The second kappa shape index (κ2) is 4.12. The predicted octanol–water partition coefficient (Wildman–Crippen LogP) is 1.72. The molecule has 0 unspecified atom stereocenters. The smallest absolute Gasteiger partial charge is 0.119 e. The highest BCUT2D eigenvalue weighted by Gasteiger charge is 1.99. The van der Waals surface area contributed by atoms with Crippen LogP contribution in [0.15, 0.2) is 18.2 Å². The molecule has 0 aliphatic carbocycles. The first kappa shape index (κ1) is 9.07. The second-order valence-corrected chi connectivity index (χ2v) is 2.69. The summed E-state index contributed by atoms with van der Waals surface area (Å²) >= 11 is 0. The molecule has 2 N–H and O–H groups in total. The van der Waals surface area contributed by atoms with Gasteiger partial charge in [-0.05, 0) is 29.7 Å². The zero-order valence-corrected chi connectivity index (χ0v) is 7.63. The molecular formula is C10H15NO. The van der Waals surface area contributed by atoms with Crippen molar-refractivity contribution < 1.29 is 4.74 Å². The lowest BCUT2D eigenvalue weighted by Gasteiger charge is -2.07. The lowest BCUT2D eigenvalue weighted by Crippen LogP contribution is -2.01. The molecule has 0 fully saturated rings. The monoisotopic (exact) mass is 165 g/mol. The van der Waals surface area contributed by atoms with Gasteiger partial charge in [0.1, 0.15) is 5.75 Å². The number of ether oxygens (including phenoxy) is 1. The standard InChI is InChI=1S/C10H15NO/c1-3-8-4-5-10(12-2)6-9(8)7-11/h4-6H,3,7,11H2,1-2H3. The van der Waals surface area contributed by atoms with Crippen LogP contribution < -0.4 is 10.5 Å². The molecule has 0 radical (unpaired) electrons. The number of rotatable bonds is 3. The minimum Gasteiger partial charge on any atom is -0.497 e. The molecule has 0 aliphatic rings. The molecule has 0 aromatic heterocycles. The molecule has 2 nitrogen and oxygen atoms in total. The third kappa shape index (κ3) is 1.77. The van der Waals surface area contributed by atoms with Crippen LogP contribution in [0.4, 0.5) is 0 Å². The Hall–Kier alpha value is -1.02. The fraction of sp³-hybridized carbons (Fsp3) is 0.400. The van der Waals surface area contributed by atoms with Crippen LogP contribution in [0.3, 0.4) is 0 Å². The second-order valence-electron chi connectivity index (χ2n) is 2.69. The maximum Gasteiger partial charge on any atom is 0.119 e. The van der Waals surface area contributed by atoms with E-state index in [0.29, 0.717) is 6.54 Å². The van der Waals surface area contributed by atoms with Gasteiger partial charge in [0, 0.05) is 6.54 Å². The Morgan fingerprint density at radius 3 is 2.58 bits per heavy atom. The van der Waals surface area contributed by atoms with E-state index in [1.165, 1.54) is 11.1 Å². The average Bonchev–Trinajstić information content (AvgIpc) is 2.16. The van der Waals surface area contributed by atoms with Crippen LogP contribution in [0.5, 0.6) is 5.75 Å². The molecule has 12 heavy (non-hydrogen) atoms. The summed E-state index contributed by atoms with van der Waals surface area (Å²) in [6, 6.07) is 6.04. The summed E-state index contributed by atoms with van der Waals surface area (Å²) in [5.74, 6) is 0.882. The first-order valence-corrected chi connectivity index (χ1v) is 4.17. The number of hydrogen-bond donors (Lipinski definition) is 1. The molecule has 1 rings (SSSR count). The topological polar surface area (TPSA) is 35.2 Å². The van der Waals surface area contributed by atoms with Gasteiger partial charge in [0.05, 0.1) is 7.11 Å². The fourth-order valence-corrected chi connectivity index (χ4v) is 1.26. The van der Waals surface area contributed by atoms with Gasteiger partial charge < -0.3 is 10.5 Å². The number of benzene rings is 1. The van der Waals surface area contributed by atoms with E-state index in [1.54, 1.807) is 7.11 Å². The van der Waals surface area contributed by atoms with Crippen molar-refractivity contribution in [1.29, 1.82) is 0 Å². The van der Waals surface area contributed by atoms with Crippen molar-refractivity contribution in [2.45, 2.75) is 19.9 Å². The molecule has 0 amide bonds. The predicted molar refractivity (Wildman–Crippen MR) is 50.3 cm³/mol. The maximum absolute atomic E-state index is 5.59. The highest BCUT2D eigenvalue weighted by atomic mass is 16.5. The van der Waals surface area contributed by atoms with E-state index in [9.17, 15) is 0 Å². The van der Waals surface area contributed by atoms with Crippen LogP contribution >= 0.6 is 0 Å². The van der Waals surface area contributed by atoms with Crippen molar-refractivity contribution in [2.75, 3.05) is 7.11 Å². The number of aryl methyl sites for hydroxylation is 1. The van der Waals surface area contributed by atoms with Gasteiger partial charge in [-0.25, -0.2) is 0 Å². The minimum atomic E-state index is 0.584. The van der Waals surface area contributed by atoms with Crippen LogP contribution in [-0.4, -0.2) is 7.11 Å². The zero-order chi connectivity index (χ0) is 8.97. The molecule has 2 heteroatoms. The van der Waals surface area contributed by atoms with E-state index in [0.717, 1.165) is 12.2 Å². The van der Waals surface area contributed by atoms with Crippen LogP contribution in [0.25, 0.3) is 0 Å². The Kier molecular flexibility index (Phi) is 3.11. The third-order valence-electron chi connectivity index (χ3n) is 2.01. The Morgan fingerprint density at radius 1 is 1.33 bits per heavy atom. The quantitative estimate of drug-likeness (QED) is 0.740. The molecule has 0 bridgehead atoms. The zero-order valence-electron chi connectivity index (χ0n) is 7.63. The van der Waals surface area contributed by atoms with E-state index >= 15 is 0 Å². The minimum absolute atomic E-state index is 0.584. The summed E-state index contributed by atoms with van der Waals surface area (Å²) in [7, 11) is 1.67. The number of methoxy groups -OCH3 is 1. The van der Waals surface area contributed by atoms with Crippen molar-refractivity contribution in [1.82, 2.24) is 0 Å². The van der Waals surface area contributed by atoms with Gasteiger partial charge in [-0.15, -0.1) is 0 Å². The van der Waals surface area contributed by atoms with Crippen LogP contribution in [0.1, 0.15) is 18.1 Å². The maximum atomic E-state index is 5.59. The Labute approximate surface area is 73.3 Å². The van der Waals surface area contributed by atoms with Crippen molar-refractivity contribution in [2.24, 2.45) is 5.73 Å². The molecule has 66 valence electrons. The van der Waals surface area contributed by atoms with Crippen molar-refractivity contribution >= 4 is 0 Å². The van der Waals surface area contributed by atoms with Gasteiger partial charge in [0.15, 0.2) is 0 Å². The van der Waals surface area contributed by atoms with Gasteiger partial charge in [0.2, 0.25) is 0 Å². The Bertz CT molecular complexity index is 258. The molecule has 0 atom stereocenters. The SMILES string of the molecule is CCc1ccc(OC)cc1CN. The van der Waals surface area contributed by atoms with Crippen molar-refractivity contribution in [3.8, 4) is 5.75 Å². The van der Waals surface area contributed by atoms with E-state index in [1.807, 2.05) is 12.1 Å². The van der Waals surface area contributed by atoms with Gasteiger partial charge in [0.25, 0.3) is 0 Å². The highest BCUT2D eigenvalue weighted by Crippen LogP contribution is 2.17. The molecule has 0 heterocycles. The molecule has 0 aliphatic heterocycles. The summed E-state index contributed by atoms with van der Waals surface area (Å²) in [4.78, 5) is 0. The van der Waals surface area contributed by atoms with Gasteiger partial charge >= 0.3 is 0 Å². The van der Waals surface area contributed by atoms with Crippen LogP contribution in [0.2, 0.25) is 0 Å². The summed E-state index contributed by atoms with van der Waals surface area (Å²) in [5, 5.41) is 0. The summed E-state index contributed by atoms with van der Waals surface area (Å²) in [5.41, 5.74) is 8.08. The molecule has 0 saturated carbocycles. The van der Waals surface area contributed by atoms with Crippen LogP contribution in [0, 0.1) is 0 Å². The largest absolute Gasteiger partial charge is 0.497 e.